The molecule has 5 rings (SSSR count). The van der Waals surface area contributed by atoms with Crippen LogP contribution in [0.5, 0.6) is 0 Å². The maximum Gasteiger partial charge on any atom is 0.264 e. The highest BCUT2D eigenvalue weighted by molar-refractivity contribution is 6.25. The number of nitrogens with one attached hydrogen (secondary N) is 2. The summed E-state index contributed by atoms with van der Waals surface area (Å²) in [5, 5.41) is 9.98. The fraction of sp³-hybridized carbons (Fsp3) is 0.462. The van der Waals surface area contributed by atoms with Crippen LogP contribution in [0.4, 0.5) is 5.69 Å². The summed E-state index contributed by atoms with van der Waals surface area (Å²) < 4.78 is 1.93. The summed E-state index contributed by atoms with van der Waals surface area (Å²) in [4.78, 5) is 67.2. The fourth-order valence-electron chi connectivity index (χ4n) is 5.28. The number of carbonyl (C=O) groups excluding carboxylic acids is 5. The van der Waals surface area contributed by atoms with Crippen molar-refractivity contribution < 1.29 is 24.0 Å². The van der Waals surface area contributed by atoms with Crippen molar-refractivity contribution in [3.8, 4) is 0 Å². The predicted molar refractivity (Wildman–Crippen MR) is 136 cm³/mol. The number of fused-ring (bicyclic) bond motifs is 1. The van der Waals surface area contributed by atoms with Crippen molar-refractivity contribution in [3.63, 3.8) is 0 Å². The Morgan fingerprint density at radius 3 is 2.58 bits per heavy atom. The summed E-state index contributed by atoms with van der Waals surface area (Å²) in [7, 11) is 3.77. The molecule has 0 saturated carbocycles. The minimum Gasteiger partial charge on any atom is -0.380 e. The molecule has 12 heteroatoms. The molecular weight excluding hydrogens is 490 g/mol. The van der Waals surface area contributed by atoms with Gasteiger partial charge in [-0.25, -0.2) is 0 Å². The smallest absolute Gasteiger partial charge is 0.264 e. The average Bonchev–Trinajstić information content (AvgIpc) is 3.46. The lowest BCUT2D eigenvalue weighted by Crippen LogP contribution is -2.54. The Kier molecular flexibility index (Phi) is 6.98. The Morgan fingerprint density at radius 2 is 1.87 bits per heavy atom. The van der Waals surface area contributed by atoms with Crippen LogP contribution in [0.1, 0.15) is 58.0 Å². The van der Waals surface area contributed by atoms with Crippen molar-refractivity contribution in [1.82, 2.24) is 29.8 Å². The van der Waals surface area contributed by atoms with Gasteiger partial charge in [0.2, 0.25) is 17.7 Å². The van der Waals surface area contributed by atoms with E-state index in [1.165, 1.54) is 0 Å². The maximum absolute atomic E-state index is 13.3. The van der Waals surface area contributed by atoms with Crippen LogP contribution in [0.15, 0.2) is 30.6 Å². The highest BCUT2D eigenvalue weighted by Gasteiger charge is 2.45. The molecule has 2 fully saturated rings. The summed E-state index contributed by atoms with van der Waals surface area (Å²) in [5.41, 5.74) is 1.86. The summed E-state index contributed by atoms with van der Waals surface area (Å²) in [6.45, 7) is 2.18. The topological polar surface area (TPSA) is 137 Å². The van der Waals surface area contributed by atoms with Gasteiger partial charge in [-0.2, -0.15) is 5.10 Å². The Morgan fingerprint density at radius 1 is 1.11 bits per heavy atom. The third kappa shape index (κ3) is 4.91. The quantitative estimate of drug-likeness (QED) is 0.506. The van der Waals surface area contributed by atoms with E-state index in [0.29, 0.717) is 31.9 Å². The van der Waals surface area contributed by atoms with Crippen LogP contribution in [0.25, 0.3) is 0 Å². The number of likely N-dealkylation sites (N-methyl/N-ethyl adjacent to an activating group) is 1. The molecule has 3 aliphatic rings. The number of imide groups is 2. The van der Waals surface area contributed by atoms with E-state index in [4.69, 9.17) is 0 Å². The van der Waals surface area contributed by atoms with Crippen LogP contribution in [-0.4, -0.2) is 93.8 Å². The molecule has 200 valence electrons. The number of carbonyl (C=O) groups is 5. The summed E-state index contributed by atoms with van der Waals surface area (Å²) in [6, 6.07) is 4.18. The van der Waals surface area contributed by atoms with Gasteiger partial charge in [-0.05, 0) is 45.5 Å². The van der Waals surface area contributed by atoms with Gasteiger partial charge in [0.1, 0.15) is 6.04 Å². The van der Waals surface area contributed by atoms with Gasteiger partial charge >= 0.3 is 0 Å². The van der Waals surface area contributed by atoms with Crippen molar-refractivity contribution in [1.29, 1.82) is 0 Å². The third-order valence-corrected chi connectivity index (χ3v) is 7.25. The molecule has 4 heterocycles. The minimum absolute atomic E-state index is 0.0737. The summed E-state index contributed by atoms with van der Waals surface area (Å²) >= 11 is 0. The van der Waals surface area contributed by atoms with E-state index in [2.05, 4.69) is 15.7 Å². The summed E-state index contributed by atoms with van der Waals surface area (Å²) in [5.74, 6) is -1.99. The molecule has 1 aromatic heterocycles. The molecule has 1 atom stereocenters. The van der Waals surface area contributed by atoms with Crippen LogP contribution in [-0.2, 0) is 20.9 Å². The number of hydrogen-bond acceptors (Lipinski definition) is 8. The van der Waals surface area contributed by atoms with Crippen LogP contribution >= 0.6 is 0 Å². The van der Waals surface area contributed by atoms with Gasteiger partial charge in [-0.3, -0.25) is 38.9 Å². The molecular formula is C26H31N7O5. The van der Waals surface area contributed by atoms with E-state index in [1.807, 2.05) is 34.8 Å². The van der Waals surface area contributed by atoms with Gasteiger partial charge < -0.3 is 15.1 Å². The Hall–Kier alpha value is -4.06. The number of hydrogen-bond donors (Lipinski definition) is 2. The van der Waals surface area contributed by atoms with Gasteiger partial charge in [0.25, 0.3) is 11.8 Å². The first-order valence-electron chi connectivity index (χ1n) is 12.8. The fourth-order valence-corrected chi connectivity index (χ4v) is 5.28. The van der Waals surface area contributed by atoms with Crippen LogP contribution in [0, 0.1) is 0 Å². The first-order chi connectivity index (χ1) is 18.2. The minimum atomic E-state index is -1.00. The Labute approximate surface area is 219 Å². The van der Waals surface area contributed by atoms with Crippen LogP contribution in [0.3, 0.4) is 0 Å². The van der Waals surface area contributed by atoms with E-state index >= 15 is 0 Å². The van der Waals surface area contributed by atoms with E-state index in [9.17, 15) is 24.0 Å². The standard InChI is InChI=1S/C26H31N7O5/c1-30(2)15-22(35)31-10-8-17(9-11-31)32-14-16(13-28-32)12-27-19-5-3-4-18-23(19)26(38)33(25(18)37)20-6-7-21(34)29-24(20)36/h3-5,13-14,17,20,27H,6-12,15H2,1-2H3,(H,29,34,36). The van der Waals surface area contributed by atoms with Crippen molar-refractivity contribution >= 4 is 35.2 Å². The lowest BCUT2D eigenvalue weighted by Gasteiger charge is -2.32. The zero-order valence-electron chi connectivity index (χ0n) is 21.5. The van der Waals surface area contributed by atoms with Gasteiger partial charge in [0.05, 0.1) is 29.9 Å². The largest absolute Gasteiger partial charge is 0.380 e. The molecule has 0 bridgehead atoms. The van der Waals surface area contributed by atoms with Crippen molar-refractivity contribution in [3.05, 3.63) is 47.3 Å². The molecule has 3 aliphatic heterocycles. The molecule has 2 saturated heterocycles. The third-order valence-electron chi connectivity index (χ3n) is 7.25. The van der Waals surface area contributed by atoms with Gasteiger partial charge in [-0.1, -0.05) is 6.07 Å². The van der Waals surface area contributed by atoms with E-state index in [-0.39, 0.29) is 35.9 Å². The molecule has 0 aliphatic carbocycles. The van der Waals surface area contributed by atoms with Crippen molar-refractivity contribution in [2.45, 2.75) is 44.3 Å². The number of anilines is 1. The first-order valence-corrected chi connectivity index (χ1v) is 12.8. The predicted octanol–water partition coefficient (Wildman–Crippen LogP) is 0.622. The van der Waals surface area contributed by atoms with Gasteiger partial charge in [-0.15, -0.1) is 0 Å². The number of amides is 5. The molecule has 1 aromatic carbocycles. The number of benzene rings is 1. The zero-order chi connectivity index (χ0) is 27.0. The van der Waals surface area contributed by atoms with Gasteiger partial charge in [0.15, 0.2) is 0 Å². The lowest BCUT2D eigenvalue weighted by atomic mass is 10.0. The lowest BCUT2D eigenvalue weighted by molar-refractivity contribution is -0.136. The second-order valence-corrected chi connectivity index (χ2v) is 10.2. The monoisotopic (exact) mass is 521 g/mol. The second-order valence-electron chi connectivity index (χ2n) is 10.2. The number of piperidine rings is 2. The highest BCUT2D eigenvalue weighted by atomic mass is 16.2. The highest BCUT2D eigenvalue weighted by Crippen LogP contribution is 2.32. The van der Waals surface area contributed by atoms with Crippen LogP contribution in [0.2, 0.25) is 0 Å². The first kappa shape index (κ1) is 25.6. The Bertz CT molecular complexity index is 1290. The number of nitrogens with zero attached hydrogens (tertiary/aromatic N) is 5. The molecule has 5 amide bonds. The second kappa shape index (κ2) is 10.4. The molecule has 12 nitrogen and oxygen atoms in total. The molecule has 38 heavy (non-hydrogen) atoms. The molecule has 0 radical (unpaired) electrons. The number of rotatable bonds is 7. The van der Waals surface area contributed by atoms with Gasteiger partial charge in [0, 0.05) is 43.5 Å². The van der Waals surface area contributed by atoms with Crippen LogP contribution < -0.4 is 10.6 Å². The normalized spacial score (nSPS) is 20.2. The molecule has 0 spiro atoms. The molecule has 2 aromatic rings. The molecule has 2 N–H and O–H groups in total. The van der Waals surface area contributed by atoms with E-state index in [0.717, 1.165) is 23.3 Å². The SMILES string of the molecule is CN(C)CC(=O)N1CCC(n2cc(CNc3cccc4c3C(=O)N(C3CCC(=O)NC3=O)C4=O)cn2)CC1. The number of likely N-dealkylation sites (tertiary alicyclic amines) is 1. The maximum atomic E-state index is 13.3. The zero-order valence-corrected chi connectivity index (χ0v) is 21.5. The van der Waals surface area contributed by atoms with Crippen molar-refractivity contribution in [2.24, 2.45) is 0 Å². The average molecular weight is 522 g/mol. The number of aromatic nitrogens is 2. The van der Waals surface area contributed by atoms with Crippen molar-refractivity contribution in [2.75, 3.05) is 39.0 Å². The van der Waals surface area contributed by atoms with E-state index < -0.39 is 29.7 Å². The summed E-state index contributed by atoms with van der Waals surface area (Å²) in [6.07, 6.45) is 5.56. The Balaban J connectivity index is 1.22. The van der Waals surface area contributed by atoms with E-state index in [1.54, 1.807) is 24.4 Å². The molecule has 1 unspecified atom stereocenters.